The highest BCUT2D eigenvalue weighted by Gasteiger charge is 2.58. The van der Waals surface area contributed by atoms with Gasteiger partial charge in [-0.3, -0.25) is 4.79 Å². The van der Waals surface area contributed by atoms with Gasteiger partial charge in [-0.25, -0.2) is 14.0 Å². The molecule has 1 fully saturated rings. The third kappa shape index (κ3) is 5.57. The van der Waals surface area contributed by atoms with Crippen LogP contribution in [-0.4, -0.2) is 40.9 Å². The first-order valence-electron chi connectivity index (χ1n) is 13.5. The average molecular weight is 582 g/mol. The molecular formula is C33H28FN3O6. The zero-order valence-electron chi connectivity index (χ0n) is 23.6. The molecule has 0 aliphatic carbocycles. The molecule has 43 heavy (non-hydrogen) atoms. The summed E-state index contributed by atoms with van der Waals surface area (Å²) in [6, 6.07) is 18.4. The molecule has 4 atom stereocenters. The van der Waals surface area contributed by atoms with E-state index >= 15 is 0 Å². The number of carboxylic acid groups (broad SMARTS) is 1. The van der Waals surface area contributed by atoms with Crippen molar-refractivity contribution in [2.75, 3.05) is 12.4 Å². The van der Waals surface area contributed by atoms with E-state index in [1.54, 1.807) is 68.4 Å². The first kappa shape index (κ1) is 29.1. The van der Waals surface area contributed by atoms with Crippen LogP contribution in [0, 0.1) is 36.9 Å². The van der Waals surface area contributed by atoms with Crippen molar-refractivity contribution in [2.45, 2.75) is 31.8 Å². The van der Waals surface area contributed by atoms with Crippen LogP contribution in [0.2, 0.25) is 0 Å². The quantitative estimate of drug-likeness (QED) is 0.247. The number of rotatable bonds is 7. The summed E-state index contributed by atoms with van der Waals surface area (Å²) in [5, 5.41) is 22.7. The molecule has 2 amide bonds. The monoisotopic (exact) mass is 581 g/mol. The van der Waals surface area contributed by atoms with E-state index in [4.69, 9.17) is 9.15 Å². The first-order chi connectivity index (χ1) is 20.6. The van der Waals surface area contributed by atoms with Crippen molar-refractivity contribution in [3.8, 4) is 11.8 Å². The molecular weight excluding hydrogens is 553 g/mol. The number of nitriles is 1. The minimum absolute atomic E-state index is 0.242. The molecule has 2 N–H and O–H groups in total. The fourth-order valence-corrected chi connectivity index (χ4v) is 5.86. The van der Waals surface area contributed by atoms with E-state index in [2.05, 4.69) is 5.32 Å². The molecule has 3 aromatic carbocycles. The number of amides is 2. The van der Waals surface area contributed by atoms with Crippen LogP contribution in [0.5, 0.6) is 5.75 Å². The summed E-state index contributed by atoms with van der Waals surface area (Å²) in [6.07, 6.45) is 0. The van der Waals surface area contributed by atoms with Gasteiger partial charge in [-0.1, -0.05) is 24.3 Å². The lowest BCUT2D eigenvalue weighted by molar-refractivity contribution is -0.142. The van der Waals surface area contributed by atoms with Crippen LogP contribution in [-0.2, 0) is 4.79 Å². The summed E-state index contributed by atoms with van der Waals surface area (Å²) < 4.78 is 24.5. The number of hydrogen-bond donors (Lipinski definition) is 2. The van der Waals surface area contributed by atoms with Gasteiger partial charge in [0.05, 0.1) is 36.3 Å². The Kier molecular flexibility index (Phi) is 7.99. The number of halogens is 1. The molecule has 9 nitrogen and oxygen atoms in total. The summed E-state index contributed by atoms with van der Waals surface area (Å²) >= 11 is 0. The number of carbonyl (C=O) groups is 3. The number of furan rings is 1. The molecule has 1 aliphatic heterocycles. The van der Waals surface area contributed by atoms with E-state index < -0.39 is 47.5 Å². The minimum atomic E-state index is -1.49. The smallest absolute Gasteiger partial charge is 0.327 e. The van der Waals surface area contributed by atoms with Gasteiger partial charge >= 0.3 is 12.0 Å². The normalized spacial score (nSPS) is 19.5. The maximum absolute atomic E-state index is 14.5. The summed E-state index contributed by atoms with van der Waals surface area (Å²) in [7, 11) is 1.50. The number of nitrogens with zero attached hydrogens (tertiary/aromatic N) is 2. The van der Waals surface area contributed by atoms with Gasteiger partial charge in [-0.2, -0.15) is 5.26 Å². The molecule has 10 heteroatoms. The number of aryl methyl sites for hydroxylation is 2. The lowest BCUT2D eigenvalue weighted by Crippen LogP contribution is -2.45. The Balaban J connectivity index is 1.73. The van der Waals surface area contributed by atoms with Crippen molar-refractivity contribution in [1.82, 2.24) is 4.90 Å². The zero-order valence-corrected chi connectivity index (χ0v) is 23.6. The highest BCUT2D eigenvalue weighted by molar-refractivity contribution is 6.03. The largest absolute Gasteiger partial charge is 0.497 e. The van der Waals surface area contributed by atoms with Gasteiger partial charge in [0.2, 0.25) is 0 Å². The summed E-state index contributed by atoms with van der Waals surface area (Å²) in [5.41, 5.74) is 1.86. The Bertz CT molecular complexity index is 1710. The van der Waals surface area contributed by atoms with E-state index in [0.29, 0.717) is 34.0 Å². The van der Waals surface area contributed by atoms with Crippen molar-refractivity contribution in [3.05, 3.63) is 118 Å². The third-order valence-electron chi connectivity index (χ3n) is 7.74. The second kappa shape index (κ2) is 11.8. The van der Waals surface area contributed by atoms with E-state index in [0.717, 1.165) is 4.90 Å². The fraction of sp³-hybridized carbons (Fsp3) is 0.212. The number of benzene rings is 3. The number of ketones is 1. The SMILES string of the molecule is COc1ccc(C2C(C(=O)c3cc(C)oc3C)C(c3ccc(C#N)cc3)N(C(=O)Nc3ccc(F)cc3)C2C(=O)O)cc1. The number of nitrogens with one attached hydrogen (secondary N) is 1. The van der Waals surface area contributed by atoms with Crippen molar-refractivity contribution in [1.29, 1.82) is 5.26 Å². The number of methoxy groups -OCH3 is 1. The van der Waals surface area contributed by atoms with Crippen LogP contribution >= 0.6 is 0 Å². The number of carbonyl (C=O) groups excluding carboxylic acids is 2. The van der Waals surface area contributed by atoms with Gasteiger partial charge in [0.1, 0.15) is 29.1 Å². The molecule has 1 saturated heterocycles. The maximum atomic E-state index is 14.5. The zero-order chi connectivity index (χ0) is 30.8. The van der Waals surface area contributed by atoms with Gasteiger partial charge in [0.25, 0.3) is 0 Å². The Hall–Kier alpha value is -5.43. The predicted octanol–water partition coefficient (Wildman–Crippen LogP) is 6.24. The van der Waals surface area contributed by atoms with Crippen LogP contribution in [0.1, 0.15) is 50.5 Å². The summed E-state index contributed by atoms with van der Waals surface area (Å²) in [6.45, 7) is 3.36. The number of hydrogen-bond acceptors (Lipinski definition) is 6. The van der Waals surface area contributed by atoms with Crippen molar-refractivity contribution >= 4 is 23.5 Å². The number of urea groups is 1. The molecule has 0 radical (unpaired) electrons. The predicted molar refractivity (Wildman–Crippen MR) is 154 cm³/mol. The molecule has 1 aliphatic rings. The number of aliphatic carboxylic acids is 1. The first-order valence-corrected chi connectivity index (χ1v) is 13.5. The Morgan fingerprint density at radius 2 is 1.60 bits per heavy atom. The molecule has 0 spiro atoms. The van der Waals surface area contributed by atoms with Crippen molar-refractivity contribution in [3.63, 3.8) is 0 Å². The Morgan fingerprint density at radius 3 is 2.14 bits per heavy atom. The molecule has 0 saturated carbocycles. The van der Waals surface area contributed by atoms with E-state index in [1.165, 1.54) is 31.4 Å². The van der Waals surface area contributed by atoms with Gasteiger partial charge in [-0.05, 0) is 79.6 Å². The van der Waals surface area contributed by atoms with Crippen LogP contribution in [0.25, 0.3) is 0 Å². The highest BCUT2D eigenvalue weighted by atomic mass is 19.1. The summed E-state index contributed by atoms with van der Waals surface area (Å²) in [4.78, 5) is 42.8. The fourth-order valence-electron chi connectivity index (χ4n) is 5.86. The van der Waals surface area contributed by atoms with Crippen LogP contribution in [0.3, 0.4) is 0 Å². The van der Waals surface area contributed by atoms with E-state index in [-0.39, 0.29) is 11.3 Å². The number of likely N-dealkylation sites (tertiary alicyclic amines) is 1. The third-order valence-corrected chi connectivity index (χ3v) is 7.74. The van der Waals surface area contributed by atoms with Crippen molar-refractivity contribution in [2.24, 2.45) is 5.92 Å². The Labute approximate surface area is 247 Å². The number of anilines is 1. The van der Waals surface area contributed by atoms with Gasteiger partial charge in [0.15, 0.2) is 5.78 Å². The molecule has 1 aromatic heterocycles. The number of carboxylic acids is 1. The maximum Gasteiger partial charge on any atom is 0.327 e. The molecule has 4 aromatic rings. The summed E-state index contributed by atoms with van der Waals surface area (Å²) in [5.74, 6) is -2.87. The lowest BCUT2D eigenvalue weighted by Gasteiger charge is -2.30. The average Bonchev–Trinajstić information content (AvgIpc) is 3.55. The van der Waals surface area contributed by atoms with E-state index in [9.17, 15) is 29.1 Å². The van der Waals surface area contributed by atoms with Gasteiger partial charge < -0.3 is 24.5 Å². The number of ether oxygens (including phenoxy) is 1. The molecule has 2 heterocycles. The van der Waals surface area contributed by atoms with Crippen LogP contribution in [0.4, 0.5) is 14.9 Å². The topological polar surface area (TPSA) is 133 Å². The van der Waals surface area contributed by atoms with Crippen LogP contribution < -0.4 is 10.1 Å². The molecule has 0 bridgehead atoms. The van der Waals surface area contributed by atoms with Gasteiger partial charge in [-0.15, -0.1) is 0 Å². The van der Waals surface area contributed by atoms with Gasteiger partial charge in [0, 0.05) is 11.6 Å². The number of Topliss-reactive ketones (excluding diaryl/α,β-unsaturated/α-hetero) is 1. The molecule has 5 rings (SSSR count). The minimum Gasteiger partial charge on any atom is -0.497 e. The Morgan fingerprint density at radius 1 is 0.977 bits per heavy atom. The second-order valence-electron chi connectivity index (χ2n) is 10.3. The van der Waals surface area contributed by atoms with E-state index in [1.807, 2.05) is 6.07 Å². The molecule has 4 unspecified atom stereocenters. The lowest BCUT2D eigenvalue weighted by atomic mass is 9.76. The van der Waals surface area contributed by atoms with Crippen molar-refractivity contribution < 1.29 is 33.0 Å². The standard InChI is InChI=1S/C33H28FN3O6/c1-18-16-26(19(2)43-18)31(38)28-27(21-8-14-25(42-3)15-9-21)30(32(39)40)37(29(28)22-6-4-20(17-35)5-7-22)33(41)36-24-12-10-23(34)11-13-24/h4-16,27-30H,1-3H3,(H,36,41)(H,39,40). The highest BCUT2D eigenvalue weighted by Crippen LogP contribution is 2.52. The second-order valence-corrected chi connectivity index (χ2v) is 10.3. The van der Waals surface area contributed by atoms with Crippen LogP contribution in [0.15, 0.2) is 83.3 Å². The molecule has 218 valence electrons.